The lowest BCUT2D eigenvalue weighted by Crippen LogP contribution is -2.49. The van der Waals surface area contributed by atoms with Crippen LogP contribution in [-0.2, 0) is 14.8 Å². The molecule has 2 aliphatic rings. The monoisotopic (exact) mass is 263 g/mol. The SMILES string of the molecule is CC1CCN(S(=O)(=O)C2CCOCC2)CC1O. The van der Waals surface area contributed by atoms with Gasteiger partial charge in [0.15, 0.2) is 0 Å². The van der Waals surface area contributed by atoms with Gasteiger partial charge in [0.1, 0.15) is 0 Å². The molecule has 0 saturated carbocycles. The van der Waals surface area contributed by atoms with E-state index in [0.29, 0.717) is 32.6 Å². The van der Waals surface area contributed by atoms with Crippen LogP contribution in [0.25, 0.3) is 0 Å². The molecule has 100 valence electrons. The molecule has 0 aromatic rings. The van der Waals surface area contributed by atoms with E-state index in [2.05, 4.69) is 0 Å². The van der Waals surface area contributed by atoms with Crippen molar-refractivity contribution < 1.29 is 18.3 Å². The highest BCUT2D eigenvalue weighted by atomic mass is 32.2. The molecule has 0 aromatic carbocycles. The van der Waals surface area contributed by atoms with Gasteiger partial charge in [-0.1, -0.05) is 6.92 Å². The maximum Gasteiger partial charge on any atom is 0.217 e. The number of piperidine rings is 1. The Morgan fingerprint density at radius 3 is 2.47 bits per heavy atom. The summed E-state index contributed by atoms with van der Waals surface area (Å²) in [5, 5.41) is 9.46. The van der Waals surface area contributed by atoms with Gasteiger partial charge in [-0.2, -0.15) is 4.31 Å². The average Bonchev–Trinajstić information content (AvgIpc) is 2.33. The molecule has 0 spiro atoms. The summed E-state index contributed by atoms with van der Waals surface area (Å²) in [6.45, 7) is 3.80. The van der Waals surface area contributed by atoms with Gasteiger partial charge in [-0.3, -0.25) is 0 Å². The van der Waals surface area contributed by atoms with Crippen LogP contribution in [0.4, 0.5) is 0 Å². The third-order valence-electron chi connectivity index (χ3n) is 3.83. The highest BCUT2D eigenvalue weighted by Gasteiger charge is 2.37. The number of aliphatic hydroxyl groups is 1. The molecule has 2 heterocycles. The predicted octanol–water partition coefficient (Wildman–Crippen LogP) is 0.198. The summed E-state index contributed by atoms with van der Waals surface area (Å²) >= 11 is 0. The Labute approximate surface area is 103 Å². The van der Waals surface area contributed by atoms with E-state index in [1.807, 2.05) is 6.92 Å². The molecule has 2 atom stereocenters. The molecular weight excluding hydrogens is 242 g/mol. The third kappa shape index (κ3) is 2.81. The van der Waals surface area contributed by atoms with Gasteiger partial charge >= 0.3 is 0 Å². The van der Waals surface area contributed by atoms with E-state index < -0.39 is 16.1 Å². The van der Waals surface area contributed by atoms with Crippen molar-refractivity contribution in [1.82, 2.24) is 4.31 Å². The third-order valence-corrected chi connectivity index (χ3v) is 6.20. The van der Waals surface area contributed by atoms with Crippen LogP contribution in [0.2, 0.25) is 0 Å². The zero-order valence-corrected chi connectivity index (χ0v) is 11.0. The summed E-state index contributed by atoms with van der Waals surface area (Å²) in [6.07, 6.45) is 1.36. The zero-order chi connectivity index (χ0) is 12.5. The molecule has 2 rings (SSSR count). The van der Waals surface area contributed by atoms with Crippen molar-refractivity contribution in [3.05, 3.63) is 0 Å². The standard InChI is InChI=1S/C11H21NO4S/c1-9-2-5-12(8-11(9)13)17(14,15)10-3-6-16-7-4-10/h9-11,13H,2-8H2,1H3. The molecule has 2 unspecified atom stereocenters. The van der Waals surface area contributed by atoms with Crippen molar-refractivity contribution in [2.45, 2.75) is 37.5 Å². The number of nitrogens with zero attached hydrogens (tertiary/aromatic N) is 1. The second-order valence-electron chi connectivity index (χ2n) is 5.05. The molecule has 17 heavy (non-hydrogen) atoms. The van der Waals surface area contributed by atoms with Crippen LogP contribution in [0, 0.1) is 5.92 Å². The Morgan fingerprint density at radius 1 is 1.24 bits per heavy atom. The minimum Gasteiger partial charge on any atom is -0.391 e. The molecule has 1 N–H and O–H groups in total. The minimum atomic E-state index is -3.25. The van der Waals surface area contributed by atoms with Crippen LogP contribution in [0.15, 0.2) is 0 Å². The van der Waals surface area contributed by atoms with Crippen LogP contribution >= 0.6 is 0 Å². The molecule has 0 aromatic heterocycles. The molecule has 0 radical (unpaired) electrons. The normalized spacial score (nSPS) is 33.8. The van der Waals surface area contributed by atoms with Crippen LogP contribution in [0.5, 0.6) is 0 Å². The van der Waals surface area contributed by atoms with E-state index in [0.717, 1.165) is 6.42 Å². The molecule has 2 aliphatic heterocycles. The van der Waals surface area contributed by atoms with Gasteiger partial charge in [0.2, 0.25) is 10.0 Å². The number of β-amino-alcohol motifs (C(OH)–C–C–N with tert-alkyl or cyclic N) is 1. The van der Waals surface area contributed by atoms with E-state index >= 15 is 0 Å². The van der Waals surface area contributed by atoms with Crippen LogP contribution in [0.3, 0.4) is 0 Å². The topological polar surface area (TPSA) is 66.8 Å². The van der Waals surface area contributed by atoms with Crippen LogP contribution in [-0.4, -0.2) is 55.5 Å². The Morgan fingerprint density at radius 2 is 1.88 bits per heavy atom. The lowest BCUT2D eigenvalue weighted by molar-refractivity contribution is 0.0581. The van der Waals surface area contributed by atoms with Crippen molar-refractivity contribution in [3.63, 3.8) is 0 Å². The van der Waals surface area contributed by atoms with E-state index in [9.17, 15) is 13.5 Å². The number of sulfonamides is 1. The van der Waals surface area contributed by atoms with E-state index in [1.165, 1.54) is 4.31 Å². The first-order valence-electron chi connectivity index (χ1n) is 6.26. The molecule has 0 aliphatic carbocycles. The first-order chi connectivity index (χ1) is 8.01. The lowest BCUT2D eigenvalue weighted by atomic mass is 9.98. The van der Waals surface area contributed by atoms with E-state index in [4.69, 9.17) is 4.74 Å². The highest BCUT2D eigenvalue weighted by Crippen LogP contribution is 2.25. The van der Waals surface area contributed by atoms with Crippen molar-refractivity contribution in [1.29, 1.82) is 0 Å². The predicted molar refractivity (Wildman–Crippen MR) is 64.1 cm³/mol. The number of aliphatic hydroxyl groups excluding tert-OH is 1. The van der Waals surface area contributed by atoms with Gasteiger partial charge in [-0.05, 0) is 25.2 Å². The second-order valence-corrected chi connectivity index (χ2v) is 7.26. The zero-order valence-electron chi connectivity index (χ0n) is 10.2. The number of hydrogen-bond donors (Lipinski definition) is 1. The maximum absolute atomic E-state index is 12.4. The molecule has 2 saturated heterocycles. The molecular formula is C11H21NO4S. The number of hydrogen-bond acceptors (Lipinski definition) is 4. The Balaban J connectivity index is 2.04. The second kappa shape index (κ2) is 5.22. The van der Waals surface area contributed by atoms with Gasteiger partial charge in [0, 0.05) is 26.3 Å². The van der Waals surface area contributed by atoms with Gasteiger partial charge in [-0.15, -0.1) is 0 Å². The number of rotatable bonds is 2. The summed E-state index contributed by atoms with van der Waals surface area (Å²) in [7, 11) is -3.25. The fourth-order valence-corrected chi connectivity index (χ4v) is 4.37. The molecule has 5 nitrogen and oxygen atoms in total. The largest absolute Gasteiger partial charge is 0.391 e. The molecule has 0 bridgehead atoms. The van der Waals surface area contributed by atoms with Gasteiger partial charge < -0.3 is 9.84 Å². The fraction of sp³-hybridized carbons (Fsp3) is 1.00. The maximum atomic E-state index is 12.4. The van der Waals surface area contributed by atoms with Crippen LogP contribution in [0.1, 0.15) is 26.2 Å². The van der Waals surface area contributed by atoms with E-state index in [1.54, 1.807) is 0 Å². The van der Waals surface area contributed by atoms with Crippen molar-refractivity contribution in [2.75, 3.05) is 26.3 Å². The summed E-state index contributed by atoms with van der Waals surface area (Å²) in [5.74, 6) is 0.191. The minimum absolute atomic E-state index is 0.191. The average molecular weight is 263 g/mol. The summed E-state index contributed by atoms with van der Waals surface area (Å²) in [6, 6.07) is 0. The molecule has 0 amide bonds. The summed E-state index contributed by atoms with van der Waals surface area (Å²) in [5.41, 5.74) is 0. The van der Waals surface area contributed by atoms with E-state index in [-0.39, 0.29) is 17.7 Å². The van der Waals surface area contributed by atoms with Crippen LogP contribution < -0.4 is 0 Å². The first kappa shape index (κ1) is 13.3. The Hall–Kier alpha value is -0.170. The Kier molecular flexibility index (Phi) is 4.07. The highest BCUT2D eigenvalue weighted by molar-refractivity contribution is 7.89. The van der Waals surface area contributed by atoms with Gasteiger partial charge in [-0.25, -0.2) is 8.42 Å². The summed E-state index contributed by atoms with van der Waals surface area (Å²) in [4.78, 5) is 0. The lowest BCUT2D eigenvalue weighted by Gasteiger charge is -2.36. The van der Waals surface area contributed by atoms with Gasteiger partial charge in [0.25, 0.3) is 0 Å². The smallest absolute Gasteiger partial charge is 0.217 e. The van der Waals surface area contributed by atoms with Crippen molar-refractivity contribution in [3.8, 4) is 0 Å². The fourth-order valence-electron chi connectivity index (χ4n) is 2.44. The Bertz CT molecular complexity index is 350. The van der Waals surface area contributed by atoms with Crippen molar-refractivity contribution >= 4 is 10.0 Å². The van der Waals surface area contributed by atoms with Crippen molar-refractivity contribution in [2.24, 2.45) is 5.92 Å². The molecule has 6 heteroatoms. The summed E-state index contributed by atoms with van der Waals surface area (Å²) < 4.78 is 31.4. The first-order valence-corrected chi connectivity index (χ1v) is 7.77. The van der Waals surface area contributed by atoms with Gasteiger partial charge in [0.05, 0.1) is 11.4 Å². The molecule has 2 fully saturated rings. The quantitative estimate of drug-likeness (QED) is 0.773. The number of ether oxygens (including phenoxy) is 1.